The molecule has 12 heavy (non-hydrogen) atoms. The zero-order valence-electron chi connectivity index (χ0n) is 7.83. The number of sulfone groups is 1. The molecular weight excluding hydrogens is 176 g/mol. The van der Waals surface area contributed by atoms with E-state index >= 15 is 0 Å². The van der Waals surface area contributed by atoms with Gasteiger partial charge in [0.05, 0.1) is 5.75 Å². The molecule has 1 atom stereocenters. The summed E-state index contributed by atoms with van der Waals surface area (Å²) in [5.74, 6) is -0.312. The van der Waals surface area contributed by atoms with Crippen molar-refractivity contribution in [1.82, 2.24) is 0 Å². The van der Waals surface area contributed by atoms with Crippen molar-refractivity contribution in [2.45, 2.75) is 27.2 Å². The predicted octanol–water partition coefficient (Wildman–Crippen LogP) is 1.04. The van der Waals surface area contributed by atoms with Gasteiger partial charge in [-0.1, -0.05) is 20.3 Å². The highest BCUT2D eigenvalue weighted by Crippen LogP contribution is 2.05. The maximum Gasteiger partial charge on any atom is 0.157 e. The van der Waals surface area contributed by atoms with Crippen LogP contribution in [0.2, 0.25) is 0 Å². The van der Waals surface area contributed by atoms with E-state index in [1.807, 2.05) is 13.8 Å². The second kappa shape index (κ2) is 4.60. The molecule has 0 bridgehead atoms. The Kier molecular flexibility index (Phi) is 4.45. The van der Waals surface area contributed by atoms with Crippen LogP contribution in [0, 0.1) is 5.92 Å². The standard InChI is InChI=1S/C8H16O3S/c1-4-7(2)5-12(10,11)6-8(3)9/h7H,4-6H2,1-3H3. The van der Waals surface area contributed by atoms with Gasteiger partial charge in [0.1, 0.15) is 11.5 Å². The summed E-state index contributed by atoms with van der Waals surface area (Å²) in [6.45, 7) is 5.11. The van der Waals surface area contributed by atoms with Gasteiger partial charge in [-0.2, -0.15) is 0 Å². The van der Waals surface area contributed by atoms with Crippen LogP contribution in [0.25, 0.3) is 0 Å². The van der Waals surface area contributed by atoms with Crippen molar-refractivity contribution in [3.63, 3.8) is 0 Å². The second-order valence-corrected chi connectivity index (χ2v) is 5.38. The van der Waals surface area contributed by atoms with E-state index in [0.29, 0.717) is 0 Å². The van der Waals surface area contributed by atoms with Gasteiger partial charge in [-0.3, -0.25) is 4.79 Å². The Labute approximate surface area is 74.1 Å². The highest BCUT2D eigenvalue weighted by molar-refractivity contribution is 7.92. The Balaban J connectivity index is 4.15. The van der Waals surface area contributed by atoms with Gasteiger partial charge in [0.2, 0.25) is 0 Å². The van der Waals surface area contributed by atoms with Gasteiger partial charge in [0, 0.05) is 0 Å². The normalized spacial score (nSPS) is 14.2. The molecule has 0 radical (unpaired) electrons. The molecular formula is C8H16O3S. The summed E-state index contributed by atoms with van der Waals surface area (Å²) in [6, 6.07) is 0. The van der Waals surface area contributed by atoms with Crippen LogP contribution in [0.5, 0.6) is 0 Å². The van der Waals surface area contributed by atoms with Gasteiger partial charge in [-0.05, 0) is 12.8 Å². The lowest BCUT2D eigenvalue weighted by molar-refractivity contribution is -0.114. The fourth-order valence-corrected chi connectivity index (χ4v) is 2.76. The number of rotatable bonds is 5. The molecule has 0 fully saturated rings. The summed E-state index contributed by atoms with van der Waals surface area (Å²) in [7, 11) is -3.14. The second-order valence-electron chi connectivity index (χ2n) is 3.27. The van der Waals surface area contributed by atoms with Gasteiger partial charge in [0.15, 0.2) is 9.84 Å². The number of ketones is 1. The van der Waals surface area contributed by atoms with E-state index in [-0.39, 0.29) is 23.2 Å². The Morgan fingerprint density at radius 3 is 2.25 bits per heavy atom. The van der Waals surface area contributed by atoms with E-state index in [2.05, 4.69) is 0 Å². The molecule has 1 unspecified atom stereocenters. The SMILES string of the molecule is CCC(C)CS(=O)(=O)CC(C)=O. The minimum absolute atomic E-state index is 0.128. The third-order valence-electron chi connectivity index (χ3n) is 1.66. The minimum atomic E-state index is -3.14. The van der Waals surface area contributed by atoms with Crippen LogP contribution in [0.4, 0.5) is 0 Å². The van der Waals surface area contributed by atoms with Crippen molar-refractivity contribution >= 4 is 15.6 Å². The monoisotopic (exact) mass is 192 g/mol. The van der Waals surface area contributed by atoms with E-state index in [4.69, 9.17) is 0 Å². The number of hydrogen-bond donors (Lipinski definition) is 0. The van der Waals surface area contributed by atoms with Crippen molar-refractivity contribution in [2.75, 3.05) is 11.5 Å². The Bertz CT molecular complexity index is 241. The van der Waals surface area contributed by atoms with Crippen molar-refractivity contribution < 1.29 is 13.2 Å². The smallest absolute Gasteiger partial charge is 0.157 e. The van der Waals surface area contributed by atoms with E-state index in [1.54, 1.807) is 0 Å². The number of carbonyl (C=O) groups excluding carboxylic acids is 1. The maximum atomic E-state index is 11.2. The number of Topliss-reactive ketones (excluding diaryl/α,β-unsaturated/α-hetero) is 1. The van der Waals surface area contributed by atoms with Crippen LogP contribution >= 0.6 is 0 Å². The molecule has 0 saturated heterocycles. The Hall–Kier alpha value is -0.380. The lowest BCUT2D eigenvalue weighted by Crippen LogP contribution is -2.20. The average molecular weight is 192 g/mol. The molecule has 0 aromatic carbocycles. The van der Waals surface area contributed by atoms with E-state index in [1.165, 1.54) is 6.92 Å². The summed E-state index contributed by atoms with van der Waals surface area (Å²) in [5, 5.41) is 0. The van der Waals surface area contributed by atoms with Crippen LogP contribution < -0.4 is 0 Å². The first-order valence-electron chi connectivity index (χ1n) is 4.07. The molecule has 0 rings (SSSR count). The molecule has 72 valence electrons. The molecule has 3 nitrogen and oxygen atoms in total. The molecule has 0 heterocycles. The van der Waals surface area contributed by atoms with Gasteiger partial charge in [0.25, 0.3) is 0 Å². The summed E-state index contributed by atoms with van der Waals surface area (Å²) in [4.78, 5) is 10.6. The van der Waals surface area contributed by atoms with Gasteiger partial charge < -0.3 is 0 Å². The van der Waals surface area contributed by atoms with Crippen molar-refractivity contribution in [3.8, 4) is 0 Å². The summed E-state index contributed by atoms with van der Waals surface area (Å²) < 4.78 is 22.4. The van der Waals surface area contributed by atoms with Crippen LogP contribution in [0.3, 0.4) is 0 Å². The van der Waals surface area contributed by atoms with Crippen molar-refractivity contribution in [2.24, 2.45) is 5.92 Å². The van der Waals surface area contributed by atoms with Gasteiger partial charge in [-0.25, -0.2) is 8.42 Å². The third-order valence-corrected chi connectivity index (χ3v) is 3.58. The summed E-state index contributed by atoms with van der Waals surface area (Å²) >= 11 is 0. The zero-order chi connectivity index (χ0) is 9.78. The molecule has 0 aliphatic carbocycles. The molecule has 0 saturated carbocycles. The van der Waals surface area contributed by atoms with Crippen LogP contribution in [-0.2, 0) is 14.6 Å². The molecule has 0 amide bonds. The fraction of sp³-hybridized carbons (Fsp3) is 0.875. The van der Waals surface area contributed by atoms with Crippen LogP contribution in [0.15, 0.2) is 0 Å². The highest BCUT2D eigenvalue weighted by atomic mass is 32.2. The largest absolute Gasteiger partial charge is 0.299 e. The Morgan fingerprint density at radius 1 is 1.42 bits per heavy atom. The minimum Gasteiger partial charge on any atom is -0.299 e. The molecule has 4 heteroatoms. The first-order chi connectivity index (χ1) is 5.37. The first kappa shape index (κ1) is 11.6. The molecule has 0 aromatic heterocycles. The molecule has 0 aliphatic rings. The predicted molar refractivity (Wildman–Crippen MR) is 48.8 cm³/mol. The highest BCUT2D eigenvalue weighted by Gasteiger charge is 2.16. The third kappa shape index (κ3) is 5.29. The quantitative estimate of drug-likeness (QED) is 0.654. The van der Waals surface area contributed by atoms with Crippen LogP contribution in [-0.4, -0.2) is 25.7 Å². The summed E-state index contributed by atoms with van der Waals surface area (Å²) in [5.41, 5.74) is 0. The zero-order valence-corrected chi connectivity index (χ0v) is 8.65. The van der Waals surface area contributed by atoms with Crippen molar-refractivity contribution in [1.29, 1.82) is 0 Å². The maximum absolute atomic E-state index is 11.2. The lowest BCUT2D eigenvalue weighted by Gasteiger charge is -2.07. The Morgan fingerprint density at radius 2 is 1.92 bits per heavy atom. The van der Waals surface area contributed by atoms with Gasteiger partial charge >= 0.3 is 0 Å². The number of hydrogen-bond acceptors (Lipinski definition) is 3. The fourth-order valence-electron chi connectivity index (χ4n) is 0.920. The van der Waals surface area contributed by atoms with Crippen molar-refractivity contribution in [3.05, 3.63) is 0 Å². The number of carbonyl (C=O) groups is 1. The molecule has 0 aromatic rings. The van der Waals surface area contributed by atoms with E-state index in [9.17, 15) is 13.2 Å². The lowest BCUT2D eigenvalue weighted by atomic mass is 10.2. The van der Waals surface area contributed by atoms with E-state index < -0.39 is 9.84 Å². The average Bonchev–Trinajstić information content (AvgIpc) is 1.83. The van der Waals surface area contributed by atoms with E-state index in [0.717, 1.165) is 6.42 Å². The summed E-state index contributed by atoms with van der Waals surface area (Å²) in [6.07, 6.45) is 0.830. The topological polar surface area (TPSA) is 51.2 Å². The van der Waals surface area contributed by atoms with Gasteiger partial charge in [-0.15, -0.1) is 0 Å². The van der Waals surface area contributed by atoms with Crippen LogP contribution in [0.1, 0.15) is 27.2 Å². The molecule has 0 N–H and O–H groups in total. The molecule has 0 spiro atoms. The first-order valence-corrected chi connectivity index (χ1v) is 5.89. The molecule has 0 aliphatic heterocycles.